The lowest BCUT2D eigenvalue weighted by Crippen LogP contribution is -2.03. The molecule has 2 rings (SSSR count). The molecule has 0 fully saturated rings. The SMILES string of the molecule is Cn1nnc(Br)c1CCC(O)c1ccccc1. The van der Waals surface area contributed by atoms with Gasteiger partial charge in [-0.05, 0) is 34.3 Å². The van der Waals surface area contributed by atoms with Gasteiger partial charge in [0, 0.05) is 7.05 Å². The molecule has 1 unspecified atom stereocenters. The Kier molecular flexibility index (Phi) is 3.91. The van der Waals surface area contributed by atoms with Gasteiger partial charge in [0.1, 0.15) is 0 Å². The number of nitrogens with zero attached hydrogens (tertiary/aromatic N) is 3. The third kappa shape index (κ3) is 2.92. The van der Waals surface area contributed by atoms with Crippen molar-refractivity contribution in [1.29, 1.82) is 0 Å². The van der Waals surface area contributed by atoms with E-state index < -0.39 is 6.10 Å². The molecule has 0 amide bonds. The fourth-order valence-electron chi connectivity index (χ4n) is 1.73. The number of aliphatic hydroxyl groups excluding tert-OH is 1. The smallest absolute Gasteiger partial charge is 0.151 e. The standard InChI is InChI=1S/C12H14BrN3O/c1-16-10(12(13)14-15-16)7-8-11(17)9-5-3-2-4-6-9/h2-6,11,17H,7-8H2,1H3. The zero-order chi connectivity index (χ0) is 12.3. The van der Waals surface area contributed by atoms with E-state index in [0.29, 0.717) is 6.42 Å². The number of aliphatic hydroxyl groups is 1. The van der Waals surface area contributed by atoms with Gasteiger partial charge >= 0.3 is 0 Å². The Balaban J connectivity index is 1.99. The van der Waals surface area contributed by atoms with Gasteiger partial charge in [-0.15, -0.1) is 5.10 Å². The molecule has 0 bridgehead atoms. The highest BCUT2D eigenvalue weighted by Crippen LogP contribution is 2.21. The van der Waals surface area contributed by atoms with Gasteiger partial charge in [0.25, 0.3) is 0 Å². The number of benzene rings is 1. The first kappa shape index (κ1) is 12.3. The van der Waals surface area contributed by atoms with Crippen molar-refractivity contribution in [1.82, 2.24) is 15.0 Å². The Morgan fingerprint density at radius 1 is 1.35 bits per heavy atom. The average Bonchev–Trinajstić information content (AvgIpc) is 2.67. The van der Waals surface area contributed by atoms with Crippen molar-refractivity contribution in [2.24, 2.45) is 7.05 Å². The van der Waals surface area contributed by atoms with Gasteiger partial charge in [-0.3, -0.25) is 4.68 Å². The van der Waals surface area contributed by atoms with Crippen LogP contribution >= 0.6 is 15.9 Å². The molecule has 1 atom stereocenters. The van der Waals surface area contributed by atoms with Crippen LogP contribution in [0.2, 0.25) is 0 Å². The van der Waals surface area contributed by atoms with E-state index >= 15 is 0 Å². The zero-order valence-electron chi connectivity index (χ0n) is 9.55. The van der Waals surface area contributed by atoms with Crippen LogP contribution < -0.4 is 0 Å². The molecule has 2 aromatic rings. The highest BCUT2D eigenvalue weighted by Gasteiger charge is 2.12. The molecule has 0 saturated carbocycles. The second kappa shape index (κ2) is 5.42. The monoisotopic (exact) mass is 295 g/mol. The first-order valence-electron chi connectivity index (χ1n) is 5.45. The van der Waals surface area contributed by atoms with Gasteiger partial charge in [-0.1, -0.05) is 35.5 Å². The summed E-state index contributed by atoms with van der Waals surface area (Å²) in [6.45, 7) is 0. The van der Waals surface area contributed by atoms with Crippen molar-refractivity contribution in [3.63, 3.8) is 0 Å². The molecule has 5 heteroatoms. The molecule has 4 nitrogen and oxygen atoms in total. The highest BCUT2D eigenvalue weighted by atomic mass is 79.9. The Hall–Kier alpha value is -1.20. The molecular weight excluding hydrogens is 282 g/mol. The molecule has 0 spiro atoms. The van der Waals surface area contributed by atoms with Crippen molar-refractivity contribution in [3.05, 3.63) is 46.2 Å². The molecule has 1 heterocycles. The van der Waals surface area contributed by atoms with E-state index in [1.54, 1.807) is 4.68 Å². The zero-order valence-corrected chi connectivity index (χ0v) is 11.1. The van der Waals surface area contributed by atoms with Gasteiger partial charge in [0.15, 0.2) is 4.60 Å². The Bertz CT molecular complexity index is 464. The number of halogens is 1. The molecule has 17 heavy (non-hydrogen) atoms. The van der Waals surface area contributed by atoms with Crippen LogP contribution in [0.3, 0.4) is 0 Å². The normalized spacial score (nSPS) is 12.6. The van der Waals surface area contributed by atoms with Crippen molar-refractivity contribution < 1.29 is 5.11 Å². The third-order valence-corrected chi connectivity index (χ3v) is 3.35. The van der Waals surface area contributed by atoms with E-state index in [1.165, 1.54) is 0 Å². The molecule has 1 N–H and O–H groups in total. The van der Waals surface area contributed by atoms with Gasteiger partial charge in [-0.2, -0.15) is 0 Å². The maximum Gasteiger partial charge on any atom is 0.151 e. The lowest BCUT2D eigenvalue weighted by Gasteiger charge is -2.10. The van der Waals surface area contributed by atoms with Gasteiger partial charge in [0.2, 0.25) is 0 Å². The molecule has 0 aliphatic heterocycles. The van der Waals surface area contributed by atoms with Gasteiger partial charge in [-0.25, -0.2) is 0 Å². The average molecular weight is 296 g/mol. The van der Waals surface area contributed by atoms with Crippen LogP contribution in [0.25, 0.3) is 0 Å². The maximum absolute atomic E-state index is 10.0. The maximum atomic E-state index is 10.0. The van der Waals surface area contributed by atoms with E-state index in [1.807, 2.05) is 37.4 Å². The Morgan fingerprint density at radius 2 is 2.06 bits per heavy atom. The summed E-state index contributed by atoms with van der Waals surface area (Å²) in [5.41, 5.74) is 1.94. The number of rotatable bonds is 4. The third-order valence-electron chi connectivity index (χ3n) is 2.73. The predicted octanol–water partition coefficient (Wildman–Crippen LogP) is 2.24. The van der Waals surface area contributed by atoms with E-state index in [2.05, 4.69) is 26.2 Å². The fraction of sp³-hybridized carbons (Fsp3) is 0.333. The molecular formula is C12H14BrN3O. The molecule has 0 saturated heterocycles. The van der Waals surface area contributed by atoms with Crippen LogP contribution in [0.1, 0.15) is 23.8 Å². The molecule has 1 aromatic carbocycles. The summed E-state index contributed by atoms with van der Waals surface area (Å²) >= 11 is 3.35. The molecule has 0 radical (unpaired) electrons. The van der Waals surface area contributed by atoms with Crippen molar-refractivity contribution >= 4 is 15.9 Å². The fourth-order valence-corrected chi connectivity index (χ4v) is 2.26. The first-order valence-corrected chi connectivity index (χ1v) is 6.25. The van der Waals surface area contributed by atoms with Crippen LogP contribution in [-0.4, -0.2) is 20.1 Å². The number of aromatic nitrogens is 3. The van der Waals surface area contributed by atoms with Crippen molar-refractivity contribution in [2.45, 2.75) is 18.9 Å². The molecule has 90 valence electrons. The summed E-state index contributed by atoms with van der Waals surface area (Å²) in [5, 5.41) is 17.9. The Labute approximate surface area is 108 Å². The minimum Gasteiger partial charge on any atom is -0.388 e. The van der Waals surface area contributed by atoms with E-state index in [-0.39, 0.29) is 0 Å². The highest BCUT2D eigenvalue weighted by molar-refractivity contribution is 9.10. The van der Waals surface area contributed by atoms with Crippen LogP contribution in [0.4, 0.5) is 0 Å². The molecule has 0 aliphatic rings. The quantitative estimate of drug-likeness (QED) is 0.941. The minimum atomic E-state index is -0.446. The summed E-state index contributed by atoms with van der Waals surface area (Å²) in [6, 6.07) is 9.67. The van der Waals surface area contributed by atoms with E-state index in [0.717, 1.165) is 22.3 Å². The van der Waals surface area contributed by atoms with E-state index in [4.69, 9.17) is 0 Å². The van der Waals surface area contributed by atoms with Crippen LogP contribution in [0.5, 0.6) is 0 Å². The first-order chi connectivity index (χ1) is 8.18. The number of hydrogen-bond acceptors (Lipinski definition) is 3. The van der Waals surface area contributed by atoms with Crippen molar-refractivity contribution in [3.8, 4) is 0 Å². The Morgan fingerprint density at radius 3 is 2.65 bits per heavy atom. The largest absolute Gasteiger partial charge is 0.388 e. The predicted molar refractivity (Wildman–Crippen MR) is 68.4 cm³/mol. The molecule has 0 aliphatic carbocycles. The van der Waals surface area contributed by atoms with Crippen LogP contribution in [-0.2, 0) is 13.5 Å². The minimum absolute atomic E-state index is 0.446. The topological polar surface area (TPSA) is 50.9 Å². The summed E-state index contributed by atoms with van der Waals surface area (Å²) in [6.07, 6.45) is 0.947. The summed E-state index contributed by atoms with van der Waals surface area (Å²) in [7, 11) is 1.85. The van der Waals surface area contributed by atoms with Crippen molar-refractivity contribution in [2.75, 3.05) is 0 Å². The number of aryl methyl sites for hydroxylation is 1. The summed E-state index contributed by atoms with van der Waals surface area (Å²) < 4.78 is 2.47. The van der Waals surface area contributed by atoms with E-state index in [9.17, 15) is 5.11 Å². The van der Waals surface area contributed by atoms with Gasteiger partial charge in [0.05, 0.1) is 11.8 Å². The summed E-state index contributed by atoms with van der Waals surface area (Å²) in [5.74, 6) is 0. The lowest BCUT2D eigenvalue weighted by molar-refractivity contribution is 0.167. The van der Waals surface area contributed by atoms with Gasteiger partial charge < -0.3 is 5.11 Å². The van der Waals surface area contributed by atoms with Crippen LogP contribution in [0, 0.1) is 0 Å². The lowest BCUT2D eigenvalue weighted by atomic mass is 10.0. The summed E-state index contributed by atoms with van der Waals surface area (Å²) in [4.78, 5) is 0. The second-order valence-electron chi connectivity index (χ2n) is 3.92. The second-order valence-corrected chi connectivity index (χ2v) is 4.67. The molecule has 1 aromatic heterocycles. The van der Waals surface area contributed by atoms with Crippen LogP contribution in [0.15, 0.2) is 34.9 Å². The number of hydrogen-bond donors (Lipinski definition) is 1.